The van der Waals surface area contributed by atoms with Crippen LogP contribution in [0.5, 0.6) is 0 Å². The zero-order chi connectivity index (χ0) is 14.5. The minimum absolute atomic E-state index is 0.0334. The summed E-state index contributed by atoms with van der Waals surface area (Å²) in [6.45, 7) is 8.88. The number of Topliss-reactive ketones (excluding diaryl/α,β-unsaturated/α-hetero) is 1. The van der Waals surface area contributed by atoms with Gasteiger partial charge in [0.15, 0.2) is 5.78 Å². The summed E-state index contributed by atoms with van der Waals surface area (Å²) in [4.78, 5) is 26.4. The van der Waals surface area contributed by atoms with E-state index in [1.807, 2.05) is 0 Å². The highest BCUT2D eigenvalue weighted by molar-refractivity contribution is 6.03. The molecule has 0 aromatic rings. The van der Waals surface area contributed by atoms with Crippen molar-refractivity contribution in [2.75, 3.05) is 19.7 Å². The molecule has 0 spiro atoms. The van der Waals surface area contributed by atoms with E-state index in [2.05, 4.69) is 11.8 Å². The van der Waals surface area contributed by atoms with Crippen molar-refractivity contribution in [2.24, 2.45) is 5.41 Å². The Morgan fingerprint density at radius 1 is 1.26 bits per heavy atom. The van der Waals surface area contributed by atoms with Crippen LogP contribution in [-0.4, -0.2) is 42.4 Å². The number of nitrogens with zero attached hydrogens (tertiary/aromatic N) is 1. The largest absolute Gasteiger partial charge is 0.465 e. The summed E-state index contributed by atoms with van der Waals surface area (Å²) in [7, 11) is 0. The SMILES string of the molecule is CCCCN(CC(=O)C(C)(C)C(=O)OCC)C1CC1. The normalized spacial score (nSPS) is 15.6. The maximum absolute atomic E-state index is 12.3. The predicted molar refractivity (Wildman–Crippen MR) is 74.9 cm³/mol. The fourth-order valence-electron chi connectivity index (χ4n) is 2.00. The summed E-state index contributed by atoms with van der Waals surface area (Å²) >= 11 is 0. The van der Waals surface area contributed by atoms with E-state index >= 15 is 0 Å². The van der Waals surface area contributed by atoms with E-state index in [1.165, 1.54) is 12.8 Å². The molecular weight excluding hydrogens is 242 g/mol. The first kappa shape index (κ1) is 16.2. The molecule has 110 valence electrons. The third-order valence-corrected chi connectivity index (χ3v) is 3.69. The van der Waals surface area contributed by atoms with Gasteiger partial charge in [-0.3, -0.25) is 14.5 Å². The molecule has 1 rings (SSSR count). The zero-order valence-corrected chi connectivity index (χ0v) is 12.7. The fourth-order valence-corrected chi connectivity index (χ4v) is 2.00. The summed E-state index contributed by atoms with van der Waals surface area (Å²) in [5.41, 5.74) is -1.03. The van der Waals surface area contributed by atoms with Gasteiger partial charge >= 0.3 is 5.97 Å². The molecule has 0 bridgehead atoms. The zero-order valence-electron chi connectivity index (χ0n) is 12.7. The fraction of sp³-hybridized carbons (Fsp3) is 0.867. The summed E-state index contributed by atoms with van der Waals surface area (Å²) in [6, 6.07) is 0.550. The average Bonchev–Trinajstić information content (AvgIpc) is 3.18. The second-order valence-electron chi connectivity index (χ2n) is 5.82. The average molecular weight is 269 g/mol. The maximum Gasteiger partial charge on any atom is 0.319 e. The van der Waals surface area contributed by atoms with Gasteiger partial charge in [0.25, 0.3) is 0 Å². The number of rotatable bonds is 9. The minimum atomic E-state index is -1.03. The summed E-state index contributed by atoms with van der Waals surface area (Å²) < 4.78 is 4.99. The Bertz CT molecular complexity index is 321. The van der Waals surface area contributed by atoms with Crippen molar-refractivity contribution in [1.29, 1.82) is 0 Å². The Balaban J connectivity index is 2.57. The van der Waals surface area contributed by atoms with Gasteiger partial charge < -0.3 is 4.74 Å². The van der Waals surface area contributed by atoms with Crippen molar-refractivity contribution in [3.8, 4) is 0 Å². The van der Waals surface area contributed by atoms with Gasteiger partial charge in [0.1, 0.15) is 5.41 Å². The quantitative estimate of drug-likeness (QED) is 0.476. The van der Waals surface area contributed by atoms with E-state index in [-0.39, 0.29) is 5.78 Å². The second kappa shape index (κ2) is 7.04. The molecule has 0 atom stereocenters. The van der Waals surface area contributed by atoms with Crippen LogP contribution < -0.4 is 0 Å². The molecule has 0 saturated heterocycles. The number of hydrogen-bond donors (Lipinski definition) is 0. The van der Waals surface area contributed by atoms with Crippen molar-refractivity contribution in [1.82, 2.24) is 4.90 Å². The number of carbonyl (C=O) groups is 2. The van der Waals surface area contributed by atoms with Gasteiger partial charge in [0.05, 0.1) is 13.2 Å². The summed E-state index contributed by atoms with van der Waals surface area (Å²) in [5, 5.41) is 0. The van der Waals surface area contributed by atoms with Gasteiger partial charge in [-0.2, -0.15) is 0 Å². The second-order valence-corrected chi connectivity index (χ2v) is 5.82. The molecule has 0 aliphatic heterocycles. The van der Waals surface area contributed by atoms with E-state index < -0.39 is 11.4 Å². The Morgan fingerprint density at radius 3 is 2.37 bits per heavy atom. The van der Waals surface area contributed by atoms with Gasteiger partial charge in [-0.25, -0.2) is 0 Å². The number of ether oxygens (including phenoxy) is 1. The lowest BCUT2D eigenvalue weighted by Crippen LogP contribution is -2.43. The minimum Gasteiger partial charge on any atom is -0.465 e. The standard InChI is InChI=1S/C15H27NO3/c1-5-7-10-16(12-8-9-12)11-13(17)15(3,4)14(18)19-6-2/h12H,5-11H2,1-4H3. The van der Waals surface area contributed by atoms with Gasteiger partial charge in [0, 0.05) is 6.04 Å². The van der Waals surface area contributed by atoms with Crippen LogP contribution in [-0.2, 0) is 14.3 Å². The first-order valence-corrected chi connectivity index (χ1v) is 7.38. The van der Waals surface area contributed by atoms with Crippen LogP contribution >= 0.6 is 0 Å². The molecule has 1 aliphatic rings. The molecule has 1 fully saturated rings. The highest BCUT2D eigenvalue weighted by Gasteiger charge is 2.40. The lowest BCUT2D eigenvalue weighted by Gasteiger charge is -2.26. The molecule has 0 radical (unpaired) electrons. The number of unbranched alkanes of at least 4 members (excludes halogenated alkanes) is 1. The smallest absolute Gasteiger partial charge is 0.319 e. The molecule has 19 heavy (non-hydrogen) atoms. The molecule has 0 heterocycles. The monoisotopic (exact) mass is 269 g/mol. The van der Waals surface area contributed by atoms with Gasteiger partial charge in [-0.15, -0.1) is 0 Å². The van der Waals surface area contributed by atoms with E-state index in [1.54, 1.807) is 20.8 Å². The van der Waals surface area contributed by atoms with Gasteiger partial charge in [-0.1, -0.05) is 13.3 Å². The number of hydrogen-bond acceptors (Lipinski definition) is 4. The van der Waals surface area contributed by atoms with Crippen LogP contribution in [0.25, 0.3) is 0 Å². The maximum atomic E-state index is 12.3. The molecule has 0 aromatic heterocycles. The lowest BCUT2D eigenvalue weighted by molar-refractivity contribution is -0.158. The molecule has 4 nitrogen and oxygen atoms in total. The third-order valence-electron chi connectivity index (χ3n) is 3.69. The van der Waals surface area contributed by atoms with E-state index in [0.717, 1.165) is 19.4 Å². The molecule has 0 amide bonds. The molecule has 1 saturated carbocycles. The number of ketones is 1. The van der Waals surface area contributed by atoms with E-state index in [0.29, 0.717) is 19.2 Å². The topological polar surface area (TPSA) is 46.6 Å². The van der Waals surface area contributed by atoms with Crippen molar-refractivity contribution in [3.05, 3.63) is 0 Å². The van der Waals surface area contributed by atoms with Gasteiger partial charge in [0.2, 0.25) is 0 Å². The predicted octanol–water partition coefficient (Wildman–Crippen LogP) is 2.41. The molecule has 0 N–H and O–H groups in total. The van der Waals surface area contributed by atoms with Crippen LogP contribution in [0.1, 0.15) is 53.4 Å². The van der Waals surface area contributed by atoms with Crippen molar-refractivity contribution in [2.45, 2.75) is 59.4 Å². The van der Waals surface area contributed by atoms with Crippen LogP contribution in [0.4, 0.5) is 0 Å². The van der Waals surface area contributed by atoms with Crippen molar-refractivity contribution in [3.63, 3.8) is 0 Å². The Hall–Kier alpha value is -0.900. The van der Waals surface area contributed by atoms with Crippen LogP contribution in [0.2, 0.25) is 0 Å². The van der Waals surface area contributed by atoms with Crippen LogP contribution in [0.3, 0.4) is 0 Å². The first-order chi connectivity index (χ1) is 8.93. The van der Waals surface area contributed by atoms with Crippen molar-refractivity contribution < 1.29 is 14.3 Å². The van der Waals surface area contributed by atoms with Gasteiger partial charge in [-0.05, 0) is 46.6 Å². The van der Waals surface area contributed by atoms with E-state index in [4.69, 9.17) is 4.74 Å². The molecular formula is C15H27NO3. The van der Waals surface area contributed by atoms with Crippen molar-refractivity contribution >= 4 is 11.8 Å². The molecule has 1 aliphatic carbocycles. The molecule has 0 unspecified atom stereocenters. The summed E-state index contributed by atoms with van der Waals surface area (Å²) in [6.07, 6.45) is 4.58. The number of esters is 1. The highest BCUT2D eigenvalue weighted by Crippen LogP contribution is 2.28. The highest BCUT2D eigenvalue weighted by atomic mass is 16.5. The number of carbonyl (C=O) groups excluding carboxylic acids is 2. The third kappa shape index (κ3) is 4.60. The lowest BCUT2D eigenvalue weighted by atomic mass is 9.87. The van der Waals surface area contributed by atoms with Crippen LogP contribution in [0, 0.1) is 5.41 Å². The first-order valence-electron chi connectivity index (χ1n) is 7.38. The Labute approximate surface area is 116 Å². The van der Waals surface area contributed by atoms with Crippen LogP contribution in [0.15, 0.2) is 0 Å². The Kier molecular flexibility index (Phi) is 5.98. The van der Waals surface area contributed by atoms with E-state index in [9.17, 15) is 9.59 Å². The Morgan fingerprint density at radius 2 is 1.89 bits per heavy atom. The molecule has 4 heteroatoms. The molecule has 0 aromatic carbocycles. The summed E-state index contributed by atoms with van der Waals surface area (Å²) in [5.74, 6) is -0.444.